The van der Waals surface area contributed by atoms with E-state index in [1.165, 1.54) is 0 Å². The third-order valence-electron chi connectivity index (χ3n) is 2.39. The molecule has 0 saturated carbocycles. The van der Waals surface area contributed by atoms with Gasteiger partial charge in [-0.2, -0.15) is 0 Å². The predicted octanol–water partition coefficient (Wildman–Crippen LogP) is 3.73. The molecule has 0 spiro atoms. The first kappa shape index (κ1) is 12.5. The molecule has 0 aliphatic heterocycles. The van der Waals surface area contributed by atoms with Crippen molar-refractivity contribution in [3.63, 3.8) is 0 Å². The van der Waals surface area contributed by atoms with Gasteiger partial charge >= 0.3 is 0 Å². The van der Waals surface area contributed by atoms with Crippen molar-refractivity contribution in [2.24, 2.45) is 0 Å². The van der Waals surface area contributed by atoms with Crippen molar-refractivity contribution in [3.8, 4) is 11.4 Å². The number of rotatable bonds is 4. The molecule has 90 valence electrons. The van der Waals surface area contributed by atoms with Gasteiger partial charge in [0.15, 0.2) is 11.0 Å². The summed E-state index contributed by atoms with van der Waals surface area (Å²) in [4.78, 5) is 0. The van der Waals surface area contributed by atoms with Crippen molar-refractivity contribution in [2.75, 3.05) is 5.75 Å². The molecule has 1 aromatic carbocycles. The zero-order chi connectivity index (χ0) is 12.3. The summed E-state index contributed by atoms with van der Waals surface area (Å²) in [5, 5.41) is 10.1. The maximum absolute atomic E-state index is 6.00. The average molecular weight is 268 g/mol. The second kappa shape index (κ2) is 5.56. The molecule has 1 heterocycles. The van der Waals surface area contributed by atoms with Crippen LogP contribution in [0.25, 0.3) is 11.4 Å². The molecular formula is C12H14ClN3S. The summed E-state index contributed by atoms with van der Waals surface area (Å²) in [6, 6.07) is 7.71. The Kier molecular flexibility index (Phi) is 4.07. The first-order chi connectivity index (χ1) is 8.26. The Labute approximate surface area is 110 Å². The van der Waals surface area contributed by atoms with Gasteiger partial charge in [-0.05, 0) is 24.8 Å². The number of hydrogen-bond donors (Lipinski definition) is 0. The van der Waals surface area contributed by atoms with Gasteiger partial charge in [-0.3, -0.25) is 0 Å². The summed E-state index contributed by atoms with van der Waals surface area (Å²) in [5.74, 6) is 1.87. The van der Waals surface area contributed by atoms with Crippen molar-refractivity contribution in [2.45, 2.75) is 25.5 Å². The van der Waals surface area contributed by atoms with E-state index in [9.17, 15) is 0 Å². The quantitative estimate of drug-likeness (QED) is 0.791. The number of nitrogens with zero attached hydrogens (tertiary/aromatic N) is 3. The van der Waals surface area contributed by atoms with Crippen molar-refractivity contribution in [3.05, 3.63) is 29.3 Å². The van der Waals surface area contributed by atoms with Gasteiger partial charge in [0.1, 0.15) is 0 Å². The highest BCUT2D eigenvalue weighted by Gasteiger charge is 2.12. The Balaban J connectivity index is 2.45. The molecule has 2 aromatic rings. The zero-order valence-electron chi connectivity index (χ0n) is 9.85. The molecule has 0 aliphatic rings. The largest absolute Gasteiger partial charge is 0.302 e. The lowest BCUT2D eigenvalue weighted by atomic mass is 10.2. The van der Waals surface area contributed by atoms with Crippen LogP contribution in [0, 0.1) is 0 Å². The highest BCUT2D eigenvalue weighted by molar-refractivity contribution is 7.99. The number of thioether (sulfide) groups is 1. The summed E-state index contributed by atoms with van der Waals surface area (Å²) in [6.07, 6.45) is 0. The molecule has 5 heteroatoms. The molecule has 0 saturated heterocycles. The van der Waals surface area contributed by atoms with E-state index in [0.717, 1.165) is 33.9 Å². The molecule has 0 N–H and O–H groups in total. The molecule has 0 radical (unpaired) electrons. The van der Waals surface area contributed by atoms with E-state index < -0.39 is 0 Å². The van der Waals surface area contributed by atoms with Crippen LogP contribution >= 0.6 is 23.4 Å². The van der Waals surface area contributed by atoms with Crippen molar-refractivity contribution >= 4 is 23.4 Å². The lowest BCUT2D eigenvalue weighted by Gasteiger charge is -2.06. The minimum absolute atomic E-state index is 0.720. The van der Waals surface area contributed by atoms with E-state index >= 15 is 0 Å². The van der Waals surface area contributed by atoms with Crippen molar-refractivity contribution in [1.82, 2.24) is 14.8 Å². The maximum Gasteiger partial charge on any atom is 0.191 e. The van der Waals surface area contributed by atoms with Gasteiger partial charge in [-0.1, -0.05) is 42.4 Å². The third kappa shape index (κ3) is 2.64. The molecule has 3 nitrogen and oxygen atoms in total. The van der Waals surface area contributed by atoms with Crippen LogP contribution in [-0.4, -0.2) is 20.5 Å². The molecule has 0 fully saturated rings. The molecule has 0 bridgehead atoms. The Morgan fingerprint density at radius 1 is 1.29 bits per heavy atom. The minimum Gasteiger partial charge on any atom is -0.302 e. The molecular weight excluding hydrogens is 254 g/mol. The van der Waals surface area contributed by atoms with Gasteiger partial charge in [-0.25, -0.2) is 0 Å². The molecule has 1 aromatic heterocycles. The Hall–Kier alpha value is -1.00. The average Bonchev–Trinajstić information content (AvgIpc) is 2.72. The van der Waals surface area contributed by atoms with E-state index in [1.54, 1.807) is 11.8 Å². The fourth-order valence-electron chi connectivity index (χ4n) is 1.65. The van der Waals surface area contributed by atoms with Crippen LogP contribution in [-0.2, 0) is 6.54 Å². The number of benzene rings is 1. The molecule has 17 heavy (non-hydrogen) atoms. The smallest absolute Gasteiger partial charge is 0.191 e. The van der Waals surface area contributed by atoms with Crippen molar-refractivity contribution < 1.29 is 0 Å². The SMILES string of the molecule is CCSc1nnc(-c2cccc(Cl)c2)n1CC. The van der Waals surface area contributed by atoms with Crippen LogP contribution < -0.4 is 0 Å². The van der Waals surface area contributed by atoms with E-state index in [0.29, 0.717) is 0 Å². The van der Waals surface area contributed by atoms with Gasteiger partial charge in [-0.15, -0.1) is 10.2 Å². The lowest BCUT2D eigenvalue weighted by molar-refractivity contribution is 0.687. The maximum atomic E-state index is 6.00. The zero-order valence-corrected chi connectivity index (χ0v) is 11.4. The Morgan fingerprint density at radius 3 is 2.76 bits per heavy atom. The molecule has 2 rings (SSSR count). The van der Waals surface area contributed by atoms with E-state index in [1.807, 2.05) is 24.3 Å². The van der Waals surface area contributed by atoms with Gasteiger partial charge < -0.3 is 4.57 Å². The first-order valence-corrected chi connectivity index (χ1v) is 6.94. The first-order valence-electron chi connectivity index (χ1n) is 5.58. The third-order valence-corrected chi connectivity index (χ3v) is 3.47. The summed E-state index contributed by atoms with van der Waals surface area (Å²) in [5.41, 5.74) is 1.01. The molecule has 0 aliphatic carbocycles. The lowest BCUT2D eigenvalue weighted by Crippen LogP contribution is -1.99. The molecule has 0 amide bonds. The minimum atomic E-state index is 0.720. The van der Waals surface area contributed by atoms with Crippen LogP contribution in [0.3, 0.4) is 0 Å². The van der Waals surface area contributed by atoms with E-state index in [-0.39, 0.29) is 0 Å². The van der Waals surface area contributed by atoms with Gasteiger partial charge in [0.05, 0.1) is 0 Å². The monoisotopic (exact) mass is 267 g/mol. The highest BCUT2D eigenvalue weighted by atomic mass is 35.5. The molecule has 0 unspecified atom stereocenters. The summed E-state index contributed by atoms with van der Waals surface area (Å²) < 4.78 is 2.11. The number of hydrogen-bond acceptors (Lipinski definition) is 3. The predicted molar refractivity (Wildman–Crippen MR) is 72.5 cm³/mol. The fourth-order valence-corrected chi connectivity index (χ4v) is 2.57. The van der Waals surface area contributed by atoms with Crippen LogP contribution in [0.5, 0.6) is 0 Å². The Bertz CT molecular complexity index is 510. The second-order valence-electron chi connectivity index (χ2n) is 3.49. The standard InChI is InChI=1S/C12H14ClN3S/c1-3-16-11(14-15-12(16)17-4-2)9-6-5-7-10(13)8-9/h5-8H,3-4H2,1-2H3. The topological polar surface area (TPSA) is 30.7 Å². The van der Waals surface area contributed by atoms with Crippen molar-refractivity contribution in [1.29, 1.82) is 0 Å². The molecule has 0 atom stereocenters. The summed E-state index contributed by atoms with van der Waals surface area (Å²) in [7, 11) is 0. The highest BCUT2D eigenvalue weighted by Crippen LogP contribution is 2.25. The van der Waals surface area contributed by atoms with Gasteiger partial charge in [0.25, 0.3) is 0 Å². The number of halogens is 1. The van der Waals surface area contributed by atoms with Crippen LogP contribution in [0.1, 0.15) is 13.8 Å². The summed E-state index contributed by atoms with van der Waals surface area (Å²) in [6.45, 7) is 5.06. The Morgan fingerprint density at radius 2 is 2.12 bits per heavy atom. The summed E-state index contributed by atoms with van der Waals surface area (Å²) >= 11 is 7.70. The van der Waals surface area contributed by atoms with Crippen LogP contribution in [0.4, 0.5) is 0 Å². The van der Waals surface area contributed by atoms with E-state index in [2.05, 4.69) is 28.6 Å². The van der Waals surface area contributed by atoms with Crippen LogP contribution in [0.2, 0.25) is 5.02 Å². The van der Waals surface area contributed by atoms with Gasteiger partial charge in [0.2, 0.25) is 0 Å². The fraction of sp³-hybridized carbons (Fsp3) is 0.333. The number of aromatic nitrogens is 3. The van der Waals surface area contributed by atoms with Gasteiger partial charge in [0, 0.05) is 17.1 Å². The second-order valence-corrected chi connectivity index (χ2v) is 5.16. The van der Waals surface area contributed by atoms with E-state index in [4.69, 9.17) is 11.6 Å². The van der Waals surface area contributed by atoms with Crippen LogP contribution in [0.15, 0.2) is 29.4 Å². The normalized spacial score (nSPS) is 10.8.